The molecule has 1 saturated heterocycles. The summed E-state index contributed by atoms with van der Waals surface area (Å²) in [5.74, 6) is 0.231. The summed E-state index contributed by atoms with van der Waals surface area (Å²) in [7, 11) is 0. The summed E-state index contributed by atoms with van der Waals surface area (Å²) < 4.78 is 0. The van der Waals surface area contributed by atoms with Crippen LogP contribution in [0.2, 0.25) is 0 Å². The minimum absolute atomic E-state index is 0.105. The molecule has 3 heterocycles. The number of thiophene rings is 1. The van der Waals surface area contributed by atoms with Crippen LogP contribution >= 0.6 is 11.3 Å². The predicted molar refractivity (Wildman–Crippen MR) is 83.1 cm³/mol. The van der Waals surface area contributed by atoms with Crippen LogP contribution < -0.4 is 0 Å². The van der Waals surface area contributed by atoms with Gasteiger partial charge in [0, 0.05) is 24.0 Å². The predicted octanol–water partition coefficient (Wildman–Crippen LogP) is 3.14. The van der Waals surface area contributed by atoms with Gasteiger partial charge in [0.05, 0.1) is 23.6 Å². The quantitative estimate of drug-likeness (QED) is 0.871. The molecule has 2 aromatic heterocycles. The molecule has 0 radical (unpaired) electrons. The van der Waals surface area contributed by atoms with Gasteiger partial charge in [0.25, 0.3) is 0 Å². The topological polar surface area (TPSA) is 46.1 Å². The second-order valence-corrected chi connectivity index (χ2v) is 6.44. The number of carbonyl (C=O) groups is 1. The van der Waals surface area contributed by atoms with Crippen molar-refractivity contribution in [1.29, 1.82) is 0 Å². The van der Waals surface area contributed by atoms with E-state index in [1.54, 1.807) is 23.7 Å². The Hall–Kier alpha value is -1.75. The van der Waals surface area contributed by atoms with E-state index in [4.69, 9.17) is 0 Å². The fourth-order valence-electron chi connectivity index (χ4n) is 2.84. The van der Waals surface area contributed by atoms with E-state index in [-0.39, 0.29) is 11.9 Å². The van der Waals surface area contributed by atoms with Crippen molar-refractivity contribution in [3.63, 3.8) is 0 Å². The molecule has 21 heavy (non-hydrogen) atoms. The summed E-state index contributed by atoms with van der Waals surface area (Å²) in [6.07, 6.45) is 6.99. The zero-order valence-corrected chi connectivity index (χ0v) is 13.0. The highest BCUT2D eigenvalue weighted by atomic mass is 32.1. The van der Waals surface area contributed by atoms with Crippen LogP contribution in [-0.2, 0) is 11.2 Å². The number of likely N-dealkylation sites (tertiary alicyclic amines) is 1. The van der Waals surface area contributed by atoms with Crippen molar-refractivity contribution in [2.24, 2.45) is 0 Å². The van der Waals surface area contributed by atoms with E-state index in [2.05, 4.69) is 21.4 Å². The van der Waals surface area contributed by atoms with Gasteiger partial charge in [0.2, 0.25) is 5.91 Å². The second kappa shape index (κ2) is 6.35. The summed E-state index contributed by atoms with van der Waals surface area (Å²) in [6, 6.07) is 4.23. The Labute approximate surface area is 128 Å². The molecule has 1 unspecified atom stereocenters. The van der Waals surface area contributed by atoms with Gasteiger partial charge in [-0.05, 0) is 37.6 Å². The molecule has 1 aliphatic heterocycles. The lowest BCUT2D eigenvalue weighted by atomic mass is 10.1. The summed E-state index contributed by atoms with van der Waals surface area (Å²) in [4.78, 5) is 24.5. The second-order valence-electron chi connectivity index (χ2n) is 5.41. The van der Waals surface area contributed by atoms with Crippen LogP contribution in [0.15, 0.2) is 29.9 Å². The Morgan fingerprint density at radius 2 is 2.38 bits per heavy atom. The van der Waals surface area contributed by atoms with E-state index >= 15 is 0 Å². The highest BCUT2D eigenvalue weighted by Gasteiger charge is 2.30. The molecule has 1 aliphatic rings. The first-order valence-corrected chi connectivity index (χ1v) is 8.22. The lowest BCUT2D eigenvalue weighted by molar-refractivity contribution is -0.132. The van der Waals surface area contributed by atoms with Crippen molar-refractivity contribution < 1.29 is 4.79 Å². The lowest BCUT2D eigenvalue weighted by Crippen LogP contribution is -2.31. The number of hydrogen-bond donors (Lipinski definition) is 0. The first kappa shape index (κ1) is 14.2. The van der Waals surface area contributed by atoms with Crippen molar-refractivity contribution in [1.82, 2.24) is 14.9 Å². The van der Waals surface area contributed by atoms with Gasteiger partial charge in [0.1, 0.15) is 0 Å². The molecule has 0 spiro atoms. The Bertz CT molecular complexity index is 612. The van der Waals surface area contributed by atoms with Crippen LogP contribution in [0.4, 0.5) is 0 Å². The number of rotatable bonds is 4. The van der Waals surface area contributed by atoms with E-state index in [1.165, 1.54) is 4.88 Å². The monoisotopic (exact) mass is 301 g/mol. The number of nitrogens with zero attached hydrogens (tertiary/aromatic N) is 3. The maximum absolute atomic E-state index is 12.5. The fourth-order valence-corrected chi connectivity index (χ4v) is 3.55. The third kappa shape index (κ3) is 3.29. The van der Waals surface area contributed by atoms with Gasteiger partial charge in [-0.25, -0.2) is 0 Å². The smallest absolute Gasteiger partial charge is 0.223 e. The SMILES string of the molecule is Cc1cncc(C2CCCN2C(=O)CCc2cccs2)n1. The first-order valence-electron chi connectivity index (χ1n) is 7.34. The molecular formula is C16H19N3OS. The molecule has 0 aromatic carbocycles. The molecule has 110 valence electrons. The molecule has 1 amide bonds. The average Bonchev–Trinajstić information content (AvgIpc) is 3.16. The first-order chi connectivity index (χ1) is 10.2. The zero-order chi connectivity index (χ0) is 14.7. The van der Waals surface area contributed by atoms with Gasteiger partial charge in [-0.2, -0.15) is 0 Å². The number of aromatic nitrogens is 2. The molecule has 4 nitrogen and oxygen atoms in total. The molecular weight excluding hydrogens is 282 g/mol. The minimum Gasteiger partial charge on any atom is -0.334 e. The Kier molecular flexibility index (Phi) is 4.29. The van der Waals surface area contributed by atoms with Crippen molar-refractivity contribution in [3.8, 4) is 0 Å². The molecule has 0 bridgehead atoms. The fraction of sp³-hybridized carbons (Fsp3) is 0.438. The highest BCUT2D eigenvalue weighted by Crippen LogP contribution is 2.31. The van der Waals surface area contributed by atoms with E-state index in [9.17, 15) is 4.79 Å². The third-order valence-corrected chi connectivity index (χ3v) is 4.79. The minimum atomic E-state index is 0.105. The van der Waals surface area contributed by atoms with Crippen molar-refractivity contribution in [2.75, 3.05) is 6.54 Å². The van der Waals surface area contributed by atoms with Gasteiger partial charge < -0.3 is 4.90 Å². The maximum atomic E-state index is 12.5. The average molecular weight is 301 g/mol. The maximum Gasteiger partial charge on any atom is 0.223 e. The Morgan fingerprint density at radius 3 is 3.14 bits per heavy atom. The van der Waals surface area contributed by atoms with Crippen molar-refractivity contribution in [3.05, 3.63) is 46.2 Å². The molecule has 5 heteroatoms. The lowest BCUT2D eigenvalue weighted by Gasteiger charge is -2.24. The van der Waals surface area contributed by atoms with Gasteiger partial charge in [-0.3, -0.25) is 14.8 Å². The Balaban J connectivity index is 1.67. The largest absolute Gasteiger partial charge is 0.334 e. The summed E-state index contributed by atoms with van der Waals surface area (Å²) in [6.45, 7) is 2.78. The third-order valence-electron chi connectivity index (χ3n) is 3.85. The summed E-state index contributed by atoms with van der Waals surface area (Å²) in [5, 5.41) is 2.06. The molecule has 2 aromatic rings. The molecule has 0 aliphatic carbocycles. The normalized spacial score (nSPS) is 18.1. The molecule has 0 saturated carbocycles. The van der Waals surface area contributed by atoms with Crippen LogP contribution in [0.1, 0.15) is 41.6 Å². The van der Waals surface area contributed by atoms with Gasteiger partial charge >= 0.3 is 0 Å². The molecule has 3 rings (SSSR count). The summed E-state index contributed by atoms with van der Waals surface area (Å²) >= 11 is 1.71. The van der Waals surface area contributed by atoms with Crippen LogP contribution in [0.25, 0.3) is 0 Å². The van der Waals surface area contributed by atoms with Crippen LogP contribution in [0.3, 0.4) is 0 Å². The Morgan fingerprint density at radius 1 is 1.48 bits per heavy atom. The standard InChI is InChI=1S/C16H19N3OS/c1-12-10-17-11-14(18-12)15-5-2-8-19(15)16(20)7-6-13-4-3-9-21-13/h3-4,9-11,15H,2,5-8H2,1H3. The number of hydrogen-bond acceptors (Lipinski definition) is 4. The van der Waals surface area contributed by atoms with Gasteiger partial charge in [-0.1, -0.05) is 6.07 Å². The van der Waals surface area contributed by atoms with Crippen molar-refractivity contribution >= 4 is 17.2 Å². The van der Waals surface area contributed by atoms with Gasteiger partial charge in [-0.15, -0.1) is 11.3 Å². The van der Waals surface area contributed by atoms with Crippen LogP contribution in [0.5, 0.6) is 0 Å². The van der Waals surface area contributed by atoms with Gasteiger partial charge in [0.15, 0.2) is 0 Å². The van der Waals surface area contributed by atoms with Crippen molar-refractivity contribution in [2.45, 2.75) is 38.6 Å². The highest BCUT2D eigenvalue weighted by molar-refractivity contribution is 7.09. The van der Waals surface area contributed by atoms with E-state index in [1.807, 2.05) is 17.9 Å². The van der Waals surface area contributed by atoms with Crippen LogP contribution in [0, 0.1) is 6.92 Å². The van der Waals surface area contributed by atoms with Crippen LogP contribution in [-0.4, -0.2) is 27.3 Å². The molecule has 0 N–H and O–H groups in total. The number of amides is 1. The molecule has 1 fully saturated rings. The van der Waals surface area contributed by atoms with E-state index < -0.39 is 0 Å². The number of aryl methyl sites for hydroxylation is 2. The number of carbonyl (C=O) groups excluding carboxylic acids is 1. The van der Waals surface area contributed by atoms with E-state index in [0.29, 0.717) is 6.42 Å². The zero-order valence-electron chi connectivity index (χ0n) is 12.2. The van der Waals surface area contributed by atoms with E-state index in [0.717, 1.165) is 37.2 Å². The summed E-state index contributed by atoms with van der Waals surface area (Å²) in [5.41, 5.74) is 1.84. The molecule has 1 atom stereocenters.